The van der Waals surface area contributed by atoms with Crippen molar-refractivity contribution in [2.45, 2.75) is 6.42 Å². The number of nitrogens with zero attached hydrogens (tertiary/aromatic N) is 1. The zero-order valence-electron chi connectivity index (χ0n) is 7.70. The molecule has 14 heavy (non-hydrogen) atoms. The first-order valence-corrected chi connectivity index (χ1v) is 4.50. The minimum atomic E-state index is 0.709. The fourth-order valence-electron chi connectivity index (χ4n) is 1.39. The Bertz CT molecular complexity index is 432. The highest BCUT2D eigenvalue weighted by atomic mass is 14.7. The number of hydrogen-bond acceptors (Lipinski definition) is 1. The molecular formula is C12H10N2. The Labute approximate surface area is 82.8 Å². The summed E-state index contributed by atoms with van der Waals surface area (Å²) in [6.07, 6.45) is 2.80. The predicted molar refractivity (Wildman–Crippen MR) is 54.8 cm³/mol. The monoisotopic (exact) mass is 182 g/mol. The van der Waals surface area contributed by atoms with Crippen molar-refractivity contribution >= 4 is 0 Å². The van der Waals surface area contributed by atoms with Crippen molar-refractivity contribution in [3.05, 3.63) is 59.4 Å². The first-order chi connectivity index (χ1) is 6.88. The molecule has 0 saturated carbocycles. The molecule has 0 aliphatic rings. The maximum atomic E-state index is 8.63. The molecule has 0 amide bonds. The van der Waals surface area contributed by atoms with Crippen LogP contribution in [0.1, 0.15) is 16.8 Å². The van der Waals surface area contributed by atoms with Gasteiger partial charge in [-0.05, 0) is 29.8 Å². The van der Waals surface area contributed by atoms with Crippen molar-refractivity contribution < 1.29 is 0 Å². The Balaban J connectivity index is 2.15. The summed E-state index contributed by atoms with van der Waals surface area (Å²) in [6, 6.07) is 13.8. The molecule has 0 aliphatic carbocycles. The van der Waals surface area contributed by atoms with Gasteiger partial charge in [-0.1, -0.05) is 12.1 Å². The van der Waals surface area contributed by atoms with Crippen molar-refractivity contribution in [2.75, 3.05) is 0 Å². The molecular weight excluding hydrogens is 172 g/mol. The van der Waals surface area contributed by atoms with Gasteiger partial charge in [0.15, 0.2) is 0 Å². The summed E-state index contributed by atoms with van der Waals surface area (Å²) in [6.45, 7) is 0. The second-order valence-corrected chi connectivity index (χ2v) is 3.18. The lowest BCUT2D eigenvalue weighted by Crippen LogP contribution is -1.87. The fraction of sp³-hybridized carbons (Fsp3) is 0.0833. The number of aromatic nitrogens is 1. The van der Waals surface area contributed by atoms with E-state index in [0.29, 0.717) is 5.56 Å². The summed E-state index contributed by atoms with van der Waals surface area (Å²) in [5.74, 6) is 0. The van der Waals surface area contributed by atoms with Gasteiger partial charge in [-0.15, -0.1) is 0 Å². The molecule has 2 aromatic rings. The van der Waals surface area contributed by atoms with E-state index in [1.54, 1.807) is 0 Å². The average molecular weight is 182 g/mol. The van der Waals surface area contributed by atoms with Crippen LogP contribution in [0.15, 0.2) is 42.6 Å². The van der Waals surface area contributed by atoms with Crippen molar-refractivity contribution in [1.82, 2.24) is 4.98 Å². The van der Waals surface area contributed by atoms with Gasteiger partial charge in [0.05, 0.1) is 11.6 Å². The van der Waals surface area contributed by atoms with Crippen LogP contribution in [0, 0.1) is 11.3 Å². The van der Waals surface area contributed by atoms with E-state index in [0.717, 1.165) is 6.42 Å². The van der Waals surface area contributed by atoms with E-state index in [-0.39, 0.29) is 0 Å². The number of benzene rings is 1. The van der Waals surface area contributed by atoms with Crippen molar-refractivity contribution in [1.29, 1.82) is 5.26 Å². The molecule has 68 valence electrons. The molecule has 2 rings (SSSR count). The van der Waals surface area contributed by atoms with E-state index in [4.69, 9.17) is 5.26 Å². The van der Waals surface area contributed by atoms with Gasteiger partial charge in [0, 0.05) is 18.3 Å². The van der Waals surface area contributed by atoms with Gasteiger partial charge >= 0.3 is 0 Å². The fourth-order valence-corrected chi connectivity index (χ4v) is 1.39. The largest absolute Gasteiger partial charge is 0.365 e. The number of rotatable bonds is 2. The van der Waals surface area contributed by atoms with E-state index >= 15 is 0 Å². The van der Waals surface area contributed by atoms with Gasteiger partial charge in [-0.3, -0.25) is 0 Å². The molecule has 0 atom stereocenters. The molecule has 0 unspecified atom stereocenters. The summed E-state index contributed by atoms with van der Waals surface area (Å²) >= 11 is 0. The Morgan fingerprint density at radius 1 is 1.14 bits per heavy atom. The molecule has 2 heteroatoms. The predicted octanol–water partition coefficient (Wildman–Crippen LogP) is 2.48. The van der Waals surface area contributed by atoms with Gasteiger partial charge in [0.1, 0.15) is 0 Å². The van der Waals surface area contributed by atoms with Crippen LogP contribution in [-0.4, -0.2) is 4.98 Å². The maximum absolute atomic E-state index is 8.63. The second kappa shape index (κ2) is 3.80. The van der Waals surface area contributed by atoms with Crippen LogP contribution in [0.3, 0.4) is 0 Å². The third-order valence-corrected chi connectivity index (χ3v) is 2.14. The zero-order chi connectivity index (χ0) is 9.80. The van der Waals surface area contributed by atoms with Crippen molar-refractivity contribution in [3.8, 4) is 6.07 Å². The summed E-state index contributed by atoms with van der Waals surface area (Å²) in [5, 5.41) is 8.63. The quantitative estimate of drug-likeness (QED) is 0.761. The maximum Gasteiger partial charge on any atom is 0.0991 e. The number of hydrogen-bond donors (Lipinski definition) is 1. The number of H-pyrrole nitrogens is 1. The first kappa shape index (κ1) is 8.58. The van der Waals surface area contributed by atoms with Gasteiger partial charge < -0.3 is 4.98 Å². The molecule has 0 bridgehead atoms. The van der Waals surface area contributed by atoms with Crippen LogP contribution < -0.4 is 0 Å². The van der Waals surface area contributed by atoms with Gasteiger partial charge in [0.25, 0.3) is 0 Å². The number of aromatic amines is 1. The van der Waals surface area contributed by atoms with Crippen LogP contribution >= 0.6 is 0 Å². The third kappa shape index (κ3) is 1.83. The Morgan fingerprint density at radius 3 is 2.50 bits per heavy atom. The van der Waals surface area contributed by atoms with Crippen LogP contribution in [-0.2, 0) is 6.42 Å². The summed E-state index contributed by atoms with van der Waals surface area (Å²) in [5.41, 5.74) is 3.11. The summed E-state index contributed by atoms with van der Waals surface area (Å²) in [7, 11) is 0. The highest BCUT2D eigenvalue weighted by molar-refractivity contribution is 5.33. The average Bonchev–Trinajstić information content (AvgIpc) is 2.72. The van der Waals surface area contributed by atoms with Gasteiger partial charge in [-0.2, -0.15) is 5.26 Å². The summed E-state index contributed by atoms with van der Waals surface area (Å²) in [4.78, 5) is 3.15. The minimum Gasteiger partial charge on any atom is -0.365 e. The lowest BCUT2D eigenvalue weighted by atomic mass is 10.1. The van der Waals surface area contributed by atoms with E-state index in [2.05, 4.69) is 17.1 Å². The Hall–Kier alpha value is -2.01. The minimum absolute atomic E-state index is 0.709. The van der Waals surface area contributed by atoms with Crippen molar-refractivity contribution in [2.24, 2.45) is 0 Å². The van der Waals surface area contributed by atoms with E-state index in [9.17, 15) is 0 Å². The Morgan fingerprint density at radius 2 is 1.93 bits per heavy atom. The van der Waals surface area contributed by atoms with Gasteiger partial charge in [0.2, 0.25) is 0 Å². The number of nitrogens with one attached hydrogen (secondary N) is 1. The molecule has 0 saturated heterocycles. The zero-order valence-corrected chi connectivity index (χ0v) is 7.70. The van der Waals surface area contributed by atoms with Crippen molar-refractivity contribution in [3.63, 3.8) is 0 Å². The first-order valence-electron chi connectivity index (χ1n) is 4.50. The van der Waals surface area contributed by atoms with Crippen LogP contribution in [0.25, 0.3) is 0 Å². The Kier molecular flexibility index (Phi) is 2.33. The third-order valence-electron chi connectivity index (χ3n) is 2.14. The normalized spacial score (nSPS) is 9.64. The molecule has 1 aromatic carbocycles. The highest BCUT2D eigenvalue weighted by Gasteiger charge is 1.96. The number of nitriles is 1. The lowest BCUT2D eigenvalue weighted by molar-refractivity contribution is 1.11. The molecule has 1 heterocycles. The molecule has 1 aromatic heterocycles. The molecule has 1 N–H and O–H groups in total. The molecule has 0 fully saturated rings. The lowest BCUT2D eigenvalue weighted by Gasteiger charge is -1.98. The molecule has 0 radical (unpaired) electrons. The highest BCUT2D eigenvalue weighted by Crippen LogP contribution is 2.08. The molecule has 0 spiro atoms. The van der Waals surface area contributed by atoms with Gasteiger partial charge in [-0.25, -0.2) is 0 Å². The smallest absolute Gasteiger partial charge is 0.0991 e. The topological polar surface area (TPSA) is 39.6 Å². The van der Waals surface area contributed by atoms with E-state index in [1.807, 2.05) is 36.5 Å². The van der Waals surface area contributed by atoms with E-state index in [1.165, 1.54) is 11.3 Å². The van der Waals surface area contributed by atoms with Crippen LogP contribution in [0.4, 0.5) is 0 Å². The van der Waals surface area contributed by atoms with E-state index < -0.39 is 0 Å². The second-order valence-electron chi connectivity index (χ2n) is 3.18. The standard InChI is InChI=1S/C12H10N2/c13-9-11-5-3-10(4-6-11)8-12-2-1-7-14-12/h1-7,14H,8H2. The van der Waals surface area contributed by atoms with Crippen LogP contribution in [0.2, 0.25) is 0 Å². The molecule has 0 aliphatic heterocycles. The molecule has 2 nitrogen and oxygen atoms in total. The van der Waals surface area contributed by atoms with Crippen LogP contribution in [0.5, 0.6) is 0 Å². The SMILES string of the molecule is N#Cc1ccc(Cc2ccc[nH]2)cc1. The summed E-state index contributed by atoms with van der Waals surface area (Å²) < 4.78 is 0.